The topological polar surface area (TPSA) is 66.0 Å². The van der Waals surface area contributed by atoms with E-state index in [1.54, 1.807) is 6.20 Å². The van der Waals surface area contributed by atoms with E-state index in [9.17, 15) is 0 Å². The van der Waals surface area contributed by atoms with Gasteiger partial charge in [-0.25, -0.2) is 4.98 Å². The SMILES string of the molecule is N=C(N)C1CCN(c2ncccc2Br)CC1. The average molecular weight is 283 g/mol. The molecule has 5 heteroatoms. The highest BCUT2D eigenvalue weighted by molar-refractivity contribution is 9.10. The predicted octanol–water partition coefficient (Wildman–Crippen LogP) is 2.00. The van der Waals surface area contributed by atoms with E-state index in [4.69, 9.17) is 11.1 Å². The van der Waals surface area contributed by atoms with Crippen molar-refractivity contribution in [3.05, 3.63) is 22.8 Å². The Morgan fingerprint density at radius 3 is 2.75 bits per heavy atom. The van der Waals surface area contributed by atoms with Gasteiger partial charge in [0.1, 0.15) is 5.82 Å². The molecule has 1 aliphatic heterocycles. The molecule has 0 unspecified atom stereocenters. The van der Waals surface area contributed by atoms with Gasteiger partial charge in [0.05, 0.1) is 10.3 Å². The Morgan fingerprint density at radius 1 is 1.50 bits per heavy atom. The highest BCUT2D eigenvalue weighted by atomic mass is 79.9. The second-order valence-corrected chi connectivity index (χ2v) is 4.88. The Morgan fingerprint density at radius 2 is 2.19 bits per heavy atom. The monoisotopic (exact) mass is 282 g/mol. The standard InChI is InChI=1S/C11H15BrN4/c12-9-2-1-5-15-11(9)16-6-3-8(4-7-16)10(13)14/h1-2,5,8H,3-4,6-7H2,(H3,13,14). The van der Waals surface area contributed by atoms with Crippen molar-refractivity contribution in [3.8, 4) is 0 Å². The van der Waals surface area contributed by atoms with Gasteiger partial charge in [0.25, 0.3) is 0 Å². The summed E-state index contributed by atoms with van der Waals surface area (Å²) < 4.78 is 1.02. The van der Waals surface area contributed by atoms with Crippen molar-refractivity contribution in [1.82, 2.24) is 4.98 Å². The third kappa shape index (κ3) is 2.35. The fourth-order valence-electron chi connectivity index (χ4n) is 2.01. The fraction of sp³-hybridized carbons (Fsp3) is 0.455. The number of halogens is 1. The summed E-state index contributed by atoms with van der Waals surface area (Å²) in [5.41, 5.74) is 5.52. The summed E-state index contributed by atoms with van der Waals surface area (Å²) in [6, 6.07) is 3.91. The van der Waals surface area contributed by atoms with Crippen LogP contribution in [-0.2, 0) is 0 Å². The number of hydrogen-bond donors (Lipinski definition) is 2. The molecule has 0 aliphatic carbocycles. The smallest absolute Gasteiger partial charge is 0.142 e. The fourth-order valence-corrected chi connectivity index (χ4v) is 2.52. The third-order valence-electron chi connectivity index (χ3n) is 2.97. The van der Waals surface area contributed by atoms with E-state index in [0.29, 0.717) is 5.84 Å². The molecule has 1 fully saturated rings. The summed E-state index contributed by atoms with van der Waals surface area (Å²) in [6.45, 7) is 1.83. The summed E-state index contributed by atoms with van der Waals surface area (Å²) in [7, 11) is 0. The molecule has 4 nitrogen and oxygen atoms in total. The van der Waals surface area contributed by atoms with E-state index in [0.717, 1.165) is 36.2 Å². The second-order valence-electron chi connectivity index (χ2n) is 4.03. The van der Waals surface area contributed by atoms with Crippen LogP contribution in [0.25, 0.3) is 0 Å². The van der Waals surface area contributed by atoms with Gasteiger partial charge in [0.2, 0.25) is 0 Å². The molecule has 0 spiro atoms. The molecule has 16 heavy (non-hydrogen) atoms. The minimum absolute atomic E-state index is 0.249. The Hall–Kier alpha value is -1.10. The van der Waals surface area contributed by atoms with Gasteiger partial charge < -0.3 is 10.6 Å². The number of nitrogens with two attached hydrogens (primary N) is 1. The number of amidine groups is 1. The van der Waals surface area contributed by atoms with Crippen LogP contribution in [0.4, 0.5) is 5.82 Å². The molecule has 1 saturated heterocycles. The lowest BCUT2D eigenvalue weighted by Crippen LogP contribution is -2.38. The molecule has 1 aliphatic rings. The van der Waals surface area contributed by atoms with Crippen LogP contribution in [0.1, 0.15) is 12.8 Å². The first-order chi connectivity index (χ1) is 7.68. The Balaban J connectivity index is 2.05. The second kappa shape index (κ2) is 4.82. The van der Waals surface area contributed by atoms with Crippen LogP contribution in [0.3, 0.4) is 0 Å². The number of rotatable bonds is 2. The maximum atomic E-state index is 7.44. The maximum Gasteiger partial charge on any atom is 0.142 e. The summed E-state index contributed by atoms with van der Waals surface area (Å²) >= 11 is 3.50. The highest BCUT2D eigenvalue weighted by Crippen LogP contribution is 2.27. The van der Waals surface area contributed by atoms with E-state index in [2.05, 4.69) is 25.8 Å². The van der Waals surface area contributed by atoms with Gasteiger partial charge in [-0.05, 0) is 40.9 Å². The number of nitrogens with one attached hydrogen (secondary N) is 1. The first kappa shape index (κ1) is 11.4. The van der Waals surface area contributed by atoms with Crippen molar-refractivity contribution in [2.24, 2.45) is 11.7 Å². The van der Waals surface area contributed by atoms with E-state index >= 15 is 0 Å². The number of anilines is 1. The lowest BCUT2D eigenvalue weighted by molar-refractivity contribution is 0.495. The van der Waals surface area contributed by atoms with Gasteiger partial charge in [-0.3, -0.25) is 5.41 Å². The molecule has 0 radical (unpaired) electrons. The van der Waals surface area contributed by atoms with Crippen molar-refractivity contribution >= 4 is 27.6 Å². The van der Waals surface area contributed by atoms with E-state index in [1.165, 1.54) is 0 Å². The average Bonchev–Trinajstić information content (AvgIpc) is 2.30. The first-order valence-electron chi connectivity index (χ1n) is 5.38. The van der Waals surface area contributed by atoms with Crippen molar-refractivity contribution < 1.29 is 0 Å². The Labute approximate surface area is 103 Å². The summed E-state index contributed by atoms with van der Waals surface area (Å²) in [5.74, 6) is 1.56. The van der Waals surface area contributed by atoms with Gasteiger partial charge in [0, 0.05) is 25.2 Å². The molecule has 0 atom stereocenters. The van der Waals surface area contributed by atoms with Crippen LogP contribution >= 0.6 is 15.9 Å². The quantitative estimate of drug-likeness (QED) is 0.644. The van der Waals surface area contributed by atoms with Crippen LogP contribution in [0, 0.1) is 11.3 Å². The number of pyridine rings is 1. The molecule has 1 aromatic heterocycles. The minimum Gasteiger partial charge on any atom is -0.387 e. The number of aromatic nitrogens is 1. The Kier molecular flexibility index (Phi) is 3.43. The predicted molar refractivity (Wildman–Crippen MR) is 68.8 cm³/mol. The zero-order chi connectivity index (χ0) is 11.5. The van der Waals surface area contributed by atoms with Crippen molar-refractivity contribution in [2.45, 2.75) is 12.8 Å². The summed E-state index contributed by atoms with van der Waals surface area (Å²) in [6.07, 6.45) is 3.69. The molecule has 0 saturated carbocycles. The van der Waals surface area contributed by atoms with Crippen LogP contribution < -0.4 is 10.6 Å². The highest BCUT2D eigenvalue weighted by Gasteiger charge is 2.22. The molecule has 2 rings (SSSR count). The van der Waals surface area contributed by atoms with Crippen molar-refractivity contribution in [3.63, 3.8) is 0 Å². The van der Waals surface area contributed by atoms with Crippen LogP contribution in [0.15, 0.2) is 22.8 Å². The van der Waals surface area contributed by atoms with E-state index < -0.39 is 0 Å². The van der Waals surface area contributed by atoms with E-state index in [-0.39, 0.29) is 5.92 Å². The van der Waals surface area contributed by atoms with Gasteiger partial charge in [0.15, 0.2) is 0 Å². The molecular weight excluding hydrogens is 268 g/mol. The van der Waals surface area contributed by atoms with Crippen LogP contribution in [0.2, 0.25) is 0 Å². The molecule has 0 bridgehead atoms. The summed E-state index contributed by atoms with van der Waals surface area (Å²) in [5, 5.41) is 7.44. The number of piperidine rings is 1. The normalized spacial score (nSPS) is 17.4. The van der Waals surface area contributed by atoms with Crippen molar-refractivity contribution in [1.29, 1.82) is 5.41 Å². The van der Waals surface area contributed by atoms with Gasteiger partial charge >= 0.3 is 0 Å². The lowest BCUT2D eigenvalue weighted by Gasteiger charge is -2.32. The molecule has 2 heterocycles. The zero-order valence-electron chi connectivity index (χ0n) is 8.99. The molecule has 1 aromatic rings. The number of hydrogen-bond acceptors (Lipinski definition) is 3. The largest absolute Gasteiger partial charge is 0.387 e. The van der Waals surface area contributed by atoms with Crippen molar-refractivity contribution in [2.75, 3.05) is 18.0 Å². The van der Waals surface area contributed by atoms with Gasteiger partial charge in [-0.1, -0.05) is 0 Å². The van der Waals surface area contributed by atoms with Crippen LogP contribution in [0.5, 0.6) is 0 Å². The third-order valence-corrected chi connectivity index (χ3v) is 3.59. The van der Waals surface area contributed by atoms with Gasteiger partial charge in [-0.2, -0.15) is 0 Å². The molecule has 3 N–H and O–H groups in total. The van der Waals surface area contributed by atoms with Crippen LogP contribution in [-0.4, -0.2) is 23.9 Å². The zero-order valence-corrected chi connectivity index (χ0v) is 10.6. The van der Waals surface area contributed by atoms with E-state index in [1.807, 2.05) is 12.1 Å². The molecule has 86 valence electrons. The molecular formula is C11H15BrN4. The Bertz CT molecular complexity index is 385. The molecule has 0 amide bonds. The maximum absolute atomic E-state index is 7.44. The number of nitrogens with zero attached hydrogens (tertiary/aromatic N) is 2. The van der Waals surface area contributed by atoms with Gasteiger partial charge in [-0.15, -0.1) is 0 Å². The summed E-state index contributed by atoms with van der Waals surface area (Å²) in [4.78, 5) is 6.61. The molecule has 0 aromatic carbocycles. The minimum atomic E-state index is 0.249. The first-order valence-corrected chi connectivity index (χ1v) is 6.17. The lowest BCUT2D eigenvalue weighted by atomic mass is 9.96.